The molecule has 2 fully saturated rings. The van der Waals surface area contributed by atoms with E-state index in [9.17, 15) is 9.70 Å². The van der Waals surface area contributed by atoms with E-state index in [1.165, 1.54) is 22.6 Å². The third-order valence-corrected chi connectivity index (χ3v) is 7.40. The summed E-state index contributed by atoms with van der Waals surface area (Å²) in [5.41, 5.74) is 0.989. The summed E-state index contributed by atoms with van der Waals surface area (Å²) in [5, 5.41) is 7.24. The fourth-order valence-electron chi connectivity index (χ4n) is 4.53. The topological polar surface area (TPSA) is 77.9 Å². The van der Waals surface area contributed by atoms with Gasteiger partial charge in [0.05, 0.1) is 4.70 Å². The number of carbonyl (C=O) groups is 1. The number of rotatable bonds is 8. The van der Waals surface area contributed by atoms with Gasteiger partial charge < -0.3 is 10.2 Å². The number of fused-ring (bicyclic) bond motifs is 1. The van der Waals surface area contributed by atoms with E-state index >= 15 is 0 Å². The zero-order valence-corrected chi connectivity index (χ0v) is 19.2. The molecule has 8 heteroatoms. The maximum Gasteiger partial charge on any atom is 0.244 e. The summed E-state index contributed by atoms with van der Waals surface area (Å²) in [5.74, 6) is 2.19. The lowest BCUT2D eigenvalue weighted by Crippen LogP contribution is -2.47. The minimum Gasteiger partial charge on any atom is -0.353 e. The predicted molar refractivity (Wildman–Crippen MR) is 134 cm³/mol. The molecule has 1 aliphatic heterocycles. The number of piperazine rings is 1. The van der Waals surface area contributed by atoms with E-state index in [1.54, 1.807) is 35.8 Å². The van der Waals surface area contributed by atoms with Crippen molar-refractivity contribution in [2.24, 2.45) is 17.0 Å². The second-order valence-electron chi connectivity index (χ2n) is 8.77. The molecule has 3 aromatic rings. The molecule has 2 atom stereocenters. The quantitative estimate of drug-likeness (QED) is 0.400. The lowest BCUT2D eigenvalue weighted by atomic mass is 10.1. The number of nitrogens with zero attached hydrogens (tertiary/aromatic N) is 4. The van der Waals surface area contributed by atoms with Crippen molar-refractivity contribution < 1.29 is 4.79 Å². The normalized spacial score (nSPS) is 20.9. The van der Waals surface area contributed by atoms with Gasteiger partial charge in [-0.15, -0.1) is 4.91 Å². The van der Waals surface area contributed by atoms with Crippen molar-refractivity contribution in [1.29, 1.82) is 0 Å². The molecule has 5 rings (SSSR count). The summed E-state index contributed by atoms with van der Waals surface area (Å²) in [6, 6.07) is 15.4. The van der Waals surface area contributed by atoms with Crippen LogP contribution in [-0.4, -0.2) is 54.4 Å². The molecule has 1 N–H and O–H groups in total. The van der Waals surface area contributed by atoms with E-state index in [4.69, 9.17) is 4.37 Å². The van der Waals surface area contributed by atoms with Crippen molar-refractivity contribution in [3.05, 3.63) is 65.1 Å². The van der Waals surface area contributed by atoms with Crippen LogP contribution in [0.15, 0.2) is 59.8 Å². The fraction of sp³-hybridized carbons (Fsp3) is 0.360. The van der Waals surface area contributed by atoms with Crippen molar-refractivity contribution in [1.82, 2.24) is 14.6 Å². The number of nitroso groups, excluding NO2 is 1. The third kappa shape index (κ3) is 5.12. The number of amides is 1. The van der Waals surface area contributed by atoms with Crippen molar-refractivity contribution in [3.63, 3.8) is 0 Å². The minimum atomic E-state index is -0.134. The molecule has 0 spiro atoms. The maximum absolute atomic E-state index is 12.2. The van der Waals surface area contributed by atoms with Crippen LogP contribution in [0.5, 0.6) is 0 Å². The first-order chi connectivity index (χ1) is 16.2. The molecular formula is C25H27N5O2S. The number of hydrogen-bond acceptors (Lipinski definition) is 7. The van der Waals surface area contributed by atoms with Gasteiger partial charge in [0, 0.05) is 56.3 Å². The average Bonchev–Trinajstić information content (AvgIpc) is 3.46. The summed E-state index contributed by atoms with van der Waals surface area (Å²) >= 11 is 1.58. The standard InChI is InChI=1S/C25H27N5O2S/c31-24(10-9-18-5-1-3-7-22(18)27-32)26-16-19-15-20(19)17-29-11-13-30(14-12-29)25-21-6-2-4-8-23(21)33-28-25/h1-10,19-20H,11-17H2,(H,26,31)/b10-9+. The van der Waals surface area contributed by atoms with E-state index < -0.39 is 0 Å². The zero-order chi connectivity index (χ0) is 22.6. The third-order valence-electron chi connectivity index (χ3n) is 6.58. The van der Waals surface area contributed by atoms with Crippen molar-refractivity contribution in [3.8, 4) is 0 Å². The number of hydrogen-bond donors (Lipinski definition) is 1. The van der Waals surface area contributed by atoms with Crippen molar-refractivity contribution in [2.75, 3.05) is 44.2 Å². The molecule has 2 aliphatic rings. The highest BCUT2D eigenvalue weighted by Gasteiger charge is 2.38. The van der Waals surface area contributed by atoms with Gasteiger partial charge >= 0.3 is 0 Å². The lowest BCUT2D eigenvalue weighted by Gasteiger charge is -2.35. The molecule has 1 amide bonds. The Morgan fingerprint density at radius 3 is 2.73 bits per heavy atom. The van der Waals surface area contributed by atoms with Gasteiger partial charge in [-0.1, -0.05) is 30.3 Å². The average molecular weight is 462 g/mol. The van der Waals surface area contributed by atoms with E-state index in [2.05, 4.69) is 44.6 Å². The highest BCUT2D eigenvalue weighted by atomic mass is 32.1. The number of anilines is 1. The molecule has 1 aliphatic carbocycles. The van der Waals surface area contributed by atoms with Crippen LogP contribution in [0.3, 0.4) is 0 Å². The van der Waals surface area contributed by atoms with Gasteiger partial charge in [0.25, 0.3) is 0 Å². The first-order valence-electron chi connectivity index (χ1n) is 11.4. The van der Waals surface area contributed by atoms with Crippen LogP contribution in [0, 0.1) is 16.7 Å². The number of nitrogens with one attached hydrogen (secondary N) is 1. The van der Waals surface area contributed by atoms with E-state index in [0.717, 1.165) is 38.5 Å². The molecule has 0 radical (unpaired) electrons. The predicted octanol–water partition coefficient (Wildman–Crippen LogP) is 4.28. The van der Waals surface area contributed by atoms with Crippen LogP contribution in [0.4, 0.5) is 11.5 Å². The first-order valence-corrected chi connectivity index (χ1v) is 12.2. The van der Waals surface area contributed by atoms with Gasteiger partial charge in [0.1, 0.15) is 11.5 Å². The molecule has 7 nitrogen and oxygen atoms in total. The van der Waals surface area contributed by atoms with E-state index in [1.807, 2.05) is 6.07 Å². The lowest BCUT2D eigenvalue weighted by molar-refractivity contribution is -0.116. The number of aromatic nitrogens is 1. The molecule has 1 saturated heterocycles. The van der Waals surface area contributed by atoms with Crippen LogP contribution >= 0.6 is 11.5 Å². The van der Waals surface area contributed by atoms with E-state index in [-0.39, 0.29) is 5.91 Å². The maximum atomic E-state index is 12.2. The number of benzene rings is 2. The van der Waals surface area contributed by atoms with Gasteiger partial charge in [-0.3, -0.25) is 9.69 Å². The van der Waals surface area contributed by atoms with Crippen LogP contribution in [0.2, 0.25) is 0 Å². The second-order valence-corrected chi connectivity index (χ2v) is 9.58. The smallest absolute Gasteiger partial charge is 0.244 e. The largest absolute Gasteiger partial charge is 0.353 e. The molecule has 2 heterocycles. The molecule has 2 aromatic carbocycles. The van der Waals surface area contributed by atoms with Crippen LogP contribution < -0.4 is 10.2 Å². The Kier molecular flexibility index (Phi) is 6.46. The SMILES string of the molecule is O=Nc1ccccc1/C=C/C(=O)NCC1CC1CN1CCN(c2nsc3ccccc23)CC1. The van der Waals surface area contributed by atoms with Crippen molar-refractivity contribution >= 4 is 45.1 Å². The Labute approximate surface area is 197 Å². The first kappa shape index (κ1) is 21.7. The molecule has 170 valence electrons. The summed E-state index contributed by atoms with van der Waals surface area (Å²) < 4.78 is 5.94. The molecule has 33 heavy (non-hydrogen) atoms. The molecular weight excluding hydrogens is 434 g/mol. The van der Waals surface area contributed by atoms with Gasteiger partial charge in [-0.05, 0) is 59.2 Å². The molecule has 0 bridgehead atoms. The Hall–Kier alpha value is -3.10. The Morgan fingerprint density at radius 2 is 1.88 bits per heavy atom. The summed E-state index contributed by atoms with van der Waals surface area (Å²) in [7, 11) is 0. The summed E-state index contributed by atoms with van der Waals surface area (Å²) in [6.07, 6.45) is 4.28. The Morgan fingerprint density at radius 1 is 1.09 bits per heavy atom. The summed E-state index contributed by atoms with van der Waals surface area (Å²) in [6.45, 7) is 5.91. The van der Waals surface area contributed by atoms with Gasteiger partial charge in [0.15, 0.2) is 0 Å². The minimum absolute atomic E-state index is 0.134. The highest BCUT2D eigenvalue weighted by molar-refractivity contribution is 7.13. The highest BCUT2D eigenvalue weighted by Crippen LogP contribution is 2.39. The Bertz CT molecular complexity index is 1170. The van der Waals surface area contributed by atoms with Gasteiger partial charge in [-0.25, -0.2) is 0 Å². The second kappa shape index (κ2) is 9.80. The fourth-order valence-corrected chi connectivity index (χ4v) is 5.32. The van der Waals surface area contributed by atoms with Crippen LogP contribution in [0.25, 0.3) is 16.2 Å². The number of carbonyl (C=O) groups excluding carboxylic acids is 1. The van der Waals surface area contributed by atoms with Crippen LogP contribution in [0.1, 0.15) is 12.0 Å². The molecule has 1 aromatic heterocycles. The van der Waals surface area contributed by atoms with Gasteiger partial charge in [-0.2, -0.15) is 4.37 Å². The Balaban J connectivity index is 1.04. The van der Waals surface area contributed by atoms with Gasteiger partial charge in [0.2, 0.25) is 5.91 Å². The summed E-state index contributed by atoms with van der Waals surface area (Å²) in [4.78, 5) is 27.9. The molecule has 1 saturated carbocycles. The molecule has 2 unspecified atom stereocenters. The van der Waals surface area contributed by atoms with Crippen LogP contribution in [-0.2, 0) is 4.79 Å². The monoisotopic (exact) mass is 461 g/mol. The van der Waals surface area contributed by atoms with E-state index in [0.29, 0.717) is 29.6 Å². The van der Waals surface area contributed by atoms with Crippen molar-refractivity contribution in [2.45, 2.75) is 6.42 Å². The zero-order valence-electron chi connectivity index (χ0n) is 18.4.